The average molecular weight is 549 g/mol. The quantitative estimate of drug-likeness (QED) is 0.335. The maximum absolute atomic E-state index is 8.26. The number of benzene rings is 2. The summed E-state index contributed by atoms with van der Waals surface area (Å²) in [4.78, 5) is 0. The van der Waals surface area contributed by atoms with Crippen molar-refractivity contribution >= 4 is 37.4 Å². The van der Waals surface area contributed by atoms with Crippen molar-refractivity contribution in [1.82, 2.24) is 0 Å². The molecule has 0 radical (unpaired) electrons. The predicted octanol–water partition coefficient (Wildman–Crippen LogP) is 9.88. The number of hydrogen-bond acceptors (Lipinski definition) is 0. The normalized spacial score (nSPS) is 21.6. The summed E-state index contributed by atoms with van der Waals surface area (Å²) in [7, 11) is 16.5. The summed E-state index contributed by atoms with van der Waals surface area (Å²) >= 11 is -4.25. The molecule has 0 bridgehead atoms. The molecule has 2 atom stereocenters. The van der Waals surface area contributed by atoms with Gasteiger partial charge in [-0.2, -0.15) is 0 Å². The van der Waals surface area contributed by atoms with Crippen molar-refractivity contribution in [3.05, 3.63) is 80.9 Å². The van der Waals surface area contributed by atoms with E-state index in [2.05, 4.69) is 117 Å². The van der Waals surface area contributed by atoms with Gasteiger partial charge < -0.3 is 0 Å². The van der Waals surface area contributed by atoms with Crippen LogP contribution in [-0.4, -0.2) is 6.66 Å². The Bertz CT molecular complexity index is 1130. The van der Waals surface area contributed by atoms with E-state index in [1.165, 1.54) is 44.5 Å². The Morgan fingerprint density at radius 2 is 1.03 bits per heavy atom. The van der Waals surface area contributed by atoms with E-state index in [1.807, 2.05) is 0 Å². The first-order valence-corrected chi connectivity index (χ1v) is 24.4. The van der Waals surface area contributed by atoms with Gasteiger partial charge in [-0.1, -0.05) is 0 Å². The third kappa shape index (κ3) is 3.81. The number of fused-ring (bicyclic) bond motifs is 2. The fourth-order valence-electron chi connectivity index (χ4n) is 6.71. The van der Waals surface area contributed by atoms with Crippen LogP contribution in [-0.2, 0) is 23.3 Å². The molecule has 183 valence electrons. The summed E-state index contributed by atoms with van der Waals surface area (Å²) in [5, 5.41) is 0. The zero-order valence-corrected chi connectivity index (χ0v) is 26.8. The van der Waals surface area contributed by atoms with Crippen molar-refractivity contribution in [3.63, 3.8) is 0 Å². The van der Waals surface area contributed by atoms with Crippen LogP contribution < -0.4 is 0 Å². The van der Waals surface area contributed by atoms with Crippen LogP contribution in [0.3, 0.4) is 0 Å². The first-order valence-electron chi connectivity index (χ1n) is 12.7. The summed E-state index contributed by atoms with van der Waals surface area (Å²) in [5.41, 5.74) is 11.2. The minimum absolute atomic E-state index is 0.0750. The van der Waals surface area contributed by atoms with Crippen LogP contribution in [0, 0.1) is 0 Å². The van der Waals surface area contributed by atoms with Crippen molar-refractivity contribution in [2.24, 2.45) is 0 Å². The number of allylic oxidation sites excluding steroid dienone is 2. The molecule has 0 aliphatic heterocycles. The van der Waals surface area contributed by atoms with Crippen LogP contribution in [0.5, 0.6) is 0 Å². The Balaban J connectivity index is 2.00. The van der Waals surface area contributed by atoms with Gasteiger partial charge in [0.15, 0.2) is 0 Å². The molecule has 0 saturated carbocycles. The fraction of sp³-hybridized carbons (Fsp3) is 0.467. The second-order valence-corrected chi connectivity index (χ2v) is 42.4. The molecule has 2 unspecified atom stereocenters. The van der Waals surface area contributed by atoms with E-state index >= 15 is 0 Å². The molecule has 0 fully saturated rings. The first-order chi connectivity index (χ1) is 15.5. The van der Waals surface area contributed by atoms with E-state index in [0.29, 0.717) is 0 Å². The van der Waals surface area contributed by atoms with Crippen molar-refractivity contribution in [3.8, 4) is 0 Å². The molecule has 4 heteroatoms. The summed E-state index contributed by atoms with van der Waals surface area (Å²) in [6.07, 6.45) is 4.82. The molecular formula is C30H41Cl2SiTi. The zero-order valence-electron chi connectivity index (χ0n) is 22.6. The van der Waals surface area contributed by atoms with Crippen LogP contribution in [0.15, 0.2) is 47.5 Å². The molecular weight excluding hydrogens is 507 g/mol. The zero-order chi connectivity index (χ0) is 25.5. The van der Waals surface area contributed by atoms with Crippen molar-refractivity contribution < 1.29 is 12.4 Å². The molecule has 0 amide bonds. The SMILES string of the molecule is CC1=Cc2c(cccc2C(C)(C)C)[CH]1[Ti]([Cl])([Cl])([CH]1C(C)=Cc2c1cccc2C(C)(C)C)[SiH](C)C. The van der Waals surface area contributed by atoms with Crippen molar-refractivity contribution in [2.45, 2.75) is 87.8 Å². The van der Waals surface area contributed by atoms with Crippen LogP contribution in [0.25, 0.3) is 12.2 Å². The topological polar surface area (TPSA) is 0 Å². The van der Waals surface area contributed by atoms with Gasteiger partial charge in [0, 0.05) is 0 Å². The van der Waals surface area contributed by atoms with Gasteiger partial charge in [-0.05, 0) is 0 Å². The van der Waals surface area contributed by atoms with Crippen LogP contribution in [0.4, 0.5) is 0 Å². The molecule has 0 nitrogen and oxygen atoms in total. The molecule has 2 aliphatic rings. The molecule has 0 spiro atoms. The first kappa shape index (κ1) is 26.5. The second kappa shape index (κ2) is 8.22. The minimum atomic E-state index is -4.25. The predicted molar refractivity (Wildman–Crippen MR) is 154 cm³/mol. The van der Waals surface area contributed by atoms with Gasteiger partial charge in [0.05, 0.1) is 0 Å². The number of hydrogen-bond donors (Lipinski definition) is 0. The second-order valence-electron chi connectivity index (χ2n) is 13.1. The number of rotatable bonds is 3. The molecule has 2 aromatic rings. The standard InChI is InChI=1S/2C14H17.C2H7Si.2ClH.Ti/c2*1-10-8-11-6-5-7-13(12(11)9-10)14(2,3)4;1-3-2;;;/h2*5-9H,1-4H3;3H,1-2H3;2*1H;/q;;;;;+2/p-2. The van der Waals surface area contributed by atoms with Gasteiger partial charge in [-0.3, -0.25) is 0 Å². The maximum atomic E-state index is 8.26. The van der Waals surface area contributed by atoms with E-state index in [4.69, 9.17) is 18.6 Å². The third-order valence-corrected chi connectivity index (χ3v) is 43.9. The Morgan fingerprint density at radius 3 is 1.32 bits per heavy atom. The van der Waals surface area contributed by atoms with Crippen LogP contribution in [0.1, 0.15) is 97.2 Å². The Morgan fingerprint density at radius 1 is 0.676 bits per heavy atom. The van der Waals surface area contributed by atoms with Gasteiger partial charge in [0.25, 0.3) is 0 Å². The van der Waals surface area contributed by atoms with Crippen LogP contribution in [0.2, 0.25) is 13.1 Å². The molecule has 4 rings (SSSR count). The van der Waals surface area contributed by atoms with E-state index in [0.717, 1.165) is 0 Å². The molecule has 2 aliphatic carbocycles. The summed E-state index contributed by atoms with van der Waals surface area (Å²) in [6.45, 7) is 21.7. The van der Waals surface area contributed by atoms with Gasteiger partial charge >= 0.3 is 219 Å². The Kier molecular flexibility index (Phi) is 6.41. The third-order valence-electron chi connectivity index (χ3n) is 8.38. The molecule has 0 aromatic heterocycles. The van der Waals surface area contributed by atoms with Crippen molar-refractivity contribution in [1.29, 1.82) is 0 Å². The fourth-order valence-corrected chi connectivity index (χ4v) is 28.9. The van der Waals surface area contributed by atoms with Gasteiger partial charge in [0.2, 0.25) is 0 Å². The summed E-state index contributed by atoms with van der Waals surface area (Å²) in [6, 6.07) is 13.6. The molecule has 34 heavy (non-hydrogen) atoms. The van der Waals surface area contributed by atoms with E-state index in [-0.39, 0.29) is 19.3 Å². The van der Waals surface area contributed by atoms with E-state index in [9.17, 15) is 0 Å². The summed E-state index contributed by atoms with van der Waals surface area (Å²) < 4.78 is 0.309. The molecule has 2 aromatic carbocycles. The molecule has 0 N–H and O–H groups in total. The van der Waals surface area contributed by atoms with Crippen LogP contribution >= 0.6 is 18.6 Å². The average Bonchev–Trinajstić information content (AvgIpc) is 3.21. The van der Waals surface area contributed by atoms with E-state index < -0.39 is 19.1 Å². The Labute approximate surface area is 217 Å². The molecule has 0 heterocycles. The monoisotopic (exact) mass is 547 g/mol. The van der Waals surface area contributed by atoms with Crippen molar-refractivity contribution in [2.75, 3.05) is 0 Å². The summed E-state index contributed by atoms with van der Waals surface area (Å²) in [5.74, 6) is 0. The van der Waals surface area contributed by atoms with E-state index in [1.54, 1.807) is 0 Å². The van der Waals surface area contributed by atoms with Gasteiger partial charge in [-0.15, -0.1) is 0 Å². The van der Waals surface area contributed by atoms with Gasteiger partial charge in [-0.25, -0.2) is 0 Å². The number of halogens is 2. The Hall–Kier alpha value is -0.569. The van der Waals surface area contributed by atoms with Gasteiger partial charge in [0.1, 0.15) is 0 Å². The molecule has 0 saturated heterocycles.